The first-order chi connectivity index (χ1) is 4.40. The Morgan fingerprint density at radius 3 is 3.11 bits per heavy atom. The zero-order valence-corrected chi connectivity index (χ0v) is 6.06. The second kappa shape index (κ2) is 1.86. The van der Waals surface area contributed by atoms with Crippen LogP contribution in [0.15, 0.2) is 11.6 Å². The van der Waals surface area contributed by atoms with Crippen molar-refractivity contribution in [2.24, 2.45) is 11.8 Å². The maximum absolute atomic E-state index is 2.52. The monoisotopic (exact) mass is 122 g/mol. The lowest BCUT2D eigenvalue weighted by molar-refractivity contribution is 0.530. The van der Waals surface area contributed by atoms with Crippen molar-refractivity contribution in [3.05, 3.63) is 11.6 Å². The van der Waals surface area contributed by atoms with E-state index in [2.05, 4.69) is 13.0 Å². The van der Waals surface area contributed by atoms with Crippen LogP contribution < -0.4 is 0 Å². The second-order valence-electron chi connectivity index (χ2n) is 3.43. The fourth-order valence-corrected chi connectivity index (χ4v) is 1.97. The minimum atomic E-state index is 0.976. The first-order valence-electron chi connectivity index (χ1n) is 4.10. The van der Waals surface area contributed by atoms with Crippen LogP contribution in [0.25, 0.3) is 0 Å². The molecule has 0 heterocycles. The maximum atomic E-state index is 2.52. The highest BCUT2D eigenvalue weighted by Gasteiger charge is 2.36. The molecule has 0 aliphatic heterocycles. The summed E-state index contributed by atoms with van der Waals surface area (Å²) in [6.07, 6.45) is 8.25. The van der Waals surface area contributed by atoms with E-state index in [-0.39, 0.29) is 0 Å². The van der Waals surface area contributed by atoms with Crippen molar-refractivity contribution in [1.29, 1.82) is 0 Å². The number of fused-ring (bicyclic) bond motifs is 1. The first kappa shape index (κ1) is 5.52. The van der Waals surface area contributed by atoms with Gasteiger partial charge in [-0.15, -0.1) is 0 Å². The molecule has 0 radical (unpaired) electrons. The third-order valence-electron chi connectivity index (χ3n) is 2.54. The lowest BCUT2D eigenvalue weighted by Crippen LogP contribution is -1.92. The van der Waals surface area contributed by atoms with Gasteiger partial charge < -0.3 is 0 Å². The highest BCUT2D eigenvalue weighted by molar-refractivity contribution is 5.29. The Balaban J connectivity index is 1.89. The fourth-order valence-electron chi connectivity index (χ4n) is 1.97. The Hall–Kier alpha value is -0.260. The molecule has 0 aromatic heterocycles. The van der Waals surface area contributed by atoms with E-state index in [1.165, 1.54) is 25.7 Å². The average molecular weight is 122 g/mol. The van der Waals surface area contributed by atoms with E-state index in [0.29, 0.717) is 0 Å². The van der Waals surface area contributed by atoms with E-state index in [9.17, 15) is 0 Å². The molecule has 2 unspecified atom stereocenters. The molecular weight excluding hydrogens is 108 g/mol. The van der Waals surface area contributed by atoms with Crippen LogP contribution in [0.3, 0.4) is 0 Å². The van der Waals surface area contributed by atoms with Crippen LogP contribution in [0.2, 0.25) is 0 Å². The normalized spacial score (nSPS) is 38.1. The topological polar surface area (TPSA) is 0 Å². The molecule has 0 nitrogen and oxygen atoms in total. The zero-order valence-electron chi connectivity index (χ0n) is 6.06. The summed E-state index contributed by atoms with van der Waals surface area (Å²) in [4.78, 5) is 0. The lowest BCUT2D eigenvalue weighted by atomic mass is 10.0. The lowest BCUT2D eigenvalue weighted by Gasteiger charge is -2.04. The van der Waals surface area contributed by atoms with Crippen molar-refractivity contribution < 1.29 is 0 Å². The predicted octanol–water partition coefficient (Wildman–Crippen LogP) is 2.75. The smallest absolute Gasteiger partial charge is 0.0160 e. The van der Waals surface area contributed by atoms with Gasteiger partial charge in [0.25, 0.3) is 0 Å². The molecule has 2 atom stereocenters. The Labute approximate surface area is 57.0 Å². The molecule has 0 aromatic rings. The van der Waals surface area contributed by atoms with Crippen molar-refractivity contribution in [2.45, 2.75) is 32.6 Å². The van der Waals surface area contributed by atoms with Gasteiger partial charge in [0.15, 0.2) is 0 Å². The van der Waals surface area contributed by atoms with Crippen molar-refractivity contribution in [2.75, 3.05) is 0 Å². The largest absolute Gasteiger partial charge is 0.0819 e. The summed E-state index contributed by atoms with van der Waals surface area (Å²) in [5.41, 5.74) is 1.77. The molecule has 0 spiro atoms. The van der Waals surface area contributed by atoms with Crippen molar-refractivity contribution in [1.82, 2.24) is 0 Å². The maximum Gasteiger partial charge on any atom is -0.0160 e. The summed E-state index contributed by atoms with van der Waals surface area (Å²) in [6.45, 7) is 2.28. The summed E-state index contributed by atoms with van der Waals surface area (Å²) in [5.74, 6) is 2.03. The zero-order chi connectivity index (χ0) is 6.27. The molecule has 9 heavy (non-hydrogen) atoms. The highest BCUT2D eigenvalue weighted by atomic mass is 14.4. The van der Waals surface area contributed by atoms with Gasteiger partial charge in [0, 0.05) is 0 Å². The van der Waals surface area contributed by atoms with Crippen molar-refractivity contribution in [3.8, 4) is 0 Å². The third kappa shape index (κ3) is 0.910. The Morgan fingerprint density at radius 2 is 2.56 bits per heavy atom. The number of hydrogen-bond donors (Lipinski definition) is 0. The molecule has 1 fully saturated rings. The van der Waals surface area contributed by atoms with E-state index in [1.54, 1.807) is 5.57 Å². The summed E-state index contributed by atoms with van der Waals surface area (Å²) in [5, 5.41) is 0. The third-order valence-corrected chi connectivity index (χ3v) is 2.54. The molecule has 0 N–H and O–H groups in total. The Kier molecular flexibility index (Phi) is 1.14. The summed E-state index contributed by atoms with van der Waals surface area (Å²) in [7, 11) is 0. The minimum Gasteiger partial charge on any atom is -0.0819 e. The van der Waals surface area contributed by atoms with Gasteiger partial charge in [0.05, 0.1) is 0 Å². The molecule has 0 aromatic carbocycles. The molecule has 2 aliphatic carbocycles. The van der Waals surface area contributed by atoms with Crippen molar-refractivity contribution >= 4 is 0 Å². The van der Waals surface area contributed by atoms with Gasteiger partial charge in [-0.2, -0.15) is 0 Å². The van der Waals surface area contributed by atoms with Gasteiger partial charge in [-0.1, -0.05) is 25.0 Å². The first-order valence-corrected chi connectivity index (χ1v) is 4.10. The number of hydrogen-bond acceptors (Lipinski definition) is 0. The van der Waals surface area contributed by atoms with Gasteiger partial charge in [-0.05, 0) is 31.1 Å². The van der Waals surface area contributed by atoms with Gasteiger partial charge >= 0.3 is 0 Å². The Bertz CT molecular complexity index is 144. The van der Waals surface area contributed by atoms with E-state index in [4.69, 9.17) is 0 Å². The predicted molar refractivity (Wildman–Crippen MR) is 39.2 cm³/mol. The van der Waals surface area contributed by atoms with Crippen LogP contribution in [0, 0.1) is 11.8 Å². The highest BCUT2D eigenvalue weighted by Crippen LogP contribution is 2.50. The van der Waals surface area contributed by atoms with Crippen LogP contribution in [-0.4, -0.2) is 0 Å². The van der Waals surface area contributed by atoms with Gasteiger partial charge in [0.2, 0.25) is 0 Å². The van der Waals surface area contributed by atoms with E-state index in [1.807, 2.05) is 0 Å². The van der Waals surface area contributed by atoms with Crippen molar-refractivity contribution in [3.63, 3.8) is 0 Å². The van der Waals surface area contributed by atoms with Crippen LogP contribution in [0.1, 0.15) is 32.6 Å². The standard InChI is InChI=1S/C9H14/c1-2-3-7-4-8-6-9(8)5-7/h4,7,9H,2-3,5-6H2,1H3. The fraction of sp³-hybridized carbons (Fsp3) is 0.778. The number of allylic oxidation sites excluding steroid dienone is 2. The van der Waals surface area contributed by atoms with Gasteiger partial charge in [0.1, 0.15) is 0 Å². The quantitative estimate of drug-likeness (QED) is 0.494. The van der Waals surface area contributed by atoms with E-state index < -0.39 is 0 Å². The molecule has 2 aliphatic rings. The molecule has 0 heteroatoms. The molecule has 0 amide bonds. The summed E-state index contributed by atoms with van der Waals surface area (Å²) in [6, 6.07) is 0. The van der Waals surface area contributed by atoms with Crippen LogP contribution in [0.5, 0.6) is 0 Å². The molecule has 0 saturated heterocycles. The van der Waals surface area contributed by atoms with Crippen LogP contribution in [0.4, 0.5) is 0 Å². The molecular formula is C9H14. The SMILES string of the molecule is CCCC1C=C2CC2C1. The molecule has 50 valence electrons. The van der Waals surface area contributed by atoms with E-state index >= 15 is 0 Å². The summed E-state index contributed by atoms with van der Waals surface area (Å²) < 4.78 is 0. The van der Waals surface area contributed by atoms with Crippen LogP contribution in [-0.2, 0) is 0 Å². The molecule has 1 saturated carbocycles. The minimum absolute atomic E-state index is 0.976. The molecule has 0 bridgehead atoms. The number of rotatable bonds is 2. The molecule has 2 rings (SSSR count). The average Bonchev–Trinajstić information content (AvgIpc) is 2.42. The van der Waals surface area contributed by atoms with Gasteiger partial charge in [-0.25, -0.2) is 0 Å². The Morgan fingerprint density at radius 1 is 1.67 bits per heavy atom. The van der Waals surface area contributed by atoms with E-state index in [0.717, 1.165) is 11.8 Å². The van der Waals surface area contributed by atoms with Gasteiger partial charge in [-0.3, -0.25) is 0 Å². The van der Waals surface area contributed by atoms with Crippen LogP contribution >= 0.6 is 0 Å². The summed E-state index contributed by atoms with van der Waals surface area (Å²) >= 11 is 0. The second-order valence-corrected chi connectivity index (χ2v) is 3.43.